The van der Waals surface area contributed by atoms with E-state index < -0.39 is 46.0 Å². The van der Waals surface area contributed by atoms with Gasteiger partial charge in [0.2, 0.25) is 0 Å². The van der Waals surface area contributed by atoms with Crippen LogP contribution in [0.2, 0.25) is 0 Å². The molecule has 0 bridgehead atoms. The van der Waals surface area contributed by atoms with Crippen LogP contribution in [-0.2, 0) is 14.3 Å². The Morgan fingerprint density at radius 1 is 1.23 bits per heavy atom. The largest absolute Gasteiger partial charge is 0.467 e. The van der Waals surface area contributed by atoms with Crippen LogP contribution in [0, 0.1) is 0 Å². The highest BCUT2D eigenvalue weighted by molar-refractivity contribution is 8.00. The van der Waals surface area contributed by atoms with Crippen LogP contribution in [0.5, 0.6) is 0 Å². The summed E-state index contributed by atoms with van der Waals surface area (Å²) in [6.07, 6.45) is 0. The van der Waals surface area contributed by atoms with Gasteiger partial charge in [0.25, 0.3) is 17.7 Å². The topological polar surface area (TPSA) is 84.0 Å². The maximum atomic E-state index is 12.8. The lowest BCUT2D eigenvalue weighted by Crippen LogP contribution is -2.78. The maximum absolute atomic E-state index is 12.8. The molecule has 3 aliphatic rings. The molecule has 4 rings (SSSR count). The van der Waals surface area contributed by atoms with Crippen LogP contribution in [0.3, 0.4) is 0 Å². The fourth-order valence-electron chi connectivity index (χ4n) is 3.70. The zero-order chi connectivity index (χ0) is 18.8. The minimum absolute atomic E-state index is 0.288. The molecule has 2 unspecified atom stereocenters. The van der Waals surface area contributed by atoms with Crippen molar-refractivity contribution in [2.24, 2.45) is 0 Å². The Kier molecular flexibility index (Phi) is 3.82. The number of halogens is 1. The van der Waals surface area contributed by atoms with E-state index in [1.54, 1.807) is 31.2 Å². The Bertz CT molecular complexity index is 822. The van der Waals surface area contributed by atoms with Gasteiger partial charge in [-0.15, -0.1) is 23.4 Å². The number of esters is 1. The summed E-state index contributed by atoms with van der Waals surface area (Å²) in [5.41, 5.74) is 0.576. The van der Waals surface area contributed by atoms with Crippen LogP contribution in [0.15, 0.2) is 24.3 Å². The first-order valence-electron chi connectivity index (χ1n) is 7.97. The summed E-state index contributed by atoms with van der Waals surface area (Å²) in [6.45, 7) is 1.67. The third-order valence-corrected chi connectivity index (χ3v) is 7.06. The Hall–Kier alpha value is -2.06. The van der Waals surface area contributed by atoms with Crippen molar-refractivity contribution < 1.29 is 23.9 Å². The molecule has 4 atom stereocenters. The number of imide groups is 1. The number of amides is 3. The van der Waals surface area contributed by atoms with E-state index in [2.05, 4.69) is 0 Å². The van der Waals surface area contributed by atoms with Gasteiger partial charge in [0.15, 0.2) is 6.04 Å². The van der Waals surface area contributed by atoms with Gasteiger partial charge >= 0.3 is 5.97 Å². The van der Waals surface area contributed by atoms with Gasteiger partial charge in [-0.05, 0) is 19.1 Å². The number of carbonyl (C=O) groups is 4. The summed E-state index contributed by atoms with van der Waals surface area (Å²) in [5.74, 6) is -1.68. The summed E-state index contributed by atoms with van der Waals surface area (Å²) < 4.78 is 4.81. The van der Waals surface area contributed by atoms with Crippen molar-refractivity contribution in [1.82, 2.24) is 9.80 Å². The number of fused-ring (bicyclic) bond motifs is 2. The second-order valence-electron chi connectivity index (χ2n) is 6.62. The van der Waals surface area contributed by atoms with Crippen molar-refractivity contribution >= 4 is 47.1 Å². The minimum Gasteiger partial charge on any atom is -0.467 e. The van der Waals surface area contributed by atoms with Crippen LogP contribution < -0.4 is 0 Å². The Balaban J connectivity index is 1.66. The zero-order valence-corrected chi connectivity index (χ0v) is 15.5. The first kappa shape index (κ1) is 17.4. The van der Waals surface area contributed by atoms with Crippen LogP contribution in [0.25, 0.3) is 0 Å². The third kappa shape index (κ3) is 2.15. The predicted octanol–water partition coefficient (Wildman–Crippen LogP) is 1.11. The van der Waals surface area contributed by atoms with Gasteiger partial charge in [0.05, 0.1) is 23.1 Å². The highest BCUT2D eigenvalue weighted by Gasteiger charge is 2.64. The Labute approximate surface area is 158 Å². The lowest BCUT2D eigenvalue weighted by atomic mass is 9.93. The summed E-state index contributed by atoms with van der Waals surface area (Å²) in [5, 5.41) is -0.513. The Morgan fingerprint density at radius 2 is 1.81 bits per heavy atom. The maximum Gasteiger partial charge on any atom is 0.330 e. The van der Waals surface area contributed by atoms with Gasteiger partial charge in [-0.3, -0.25) is 19.3 Å². The molecule has 2 saturated heterocycles. The van der Waals surface area contributed by atoms with E-state index in [9.17, 15) is 19.2 Å². The molecule has 1 aromatic rings. The predicted molar refractivity (Wildman–Crippen MR) is 93.9 cm³/mol. The first-order chi connectivity index (χ1) is 12.3. The molecule has 9 heteroatoms. The van der Waals surface area contributed by atoms with Gasteiger partial charge in [-0.25, -0.2) is 4.79 Å². The number of thioether (sulfide) groups is 1. The molecule has 0 aliphatic carbocycles. The summed E-state index contributed by atoms with van der Waals surface area (Å²) in [6, 6.07) is 4.58. The normalized spacial score (nSPS) is 32.9. The molecule has 1 aromatic carbocycles. The first-order valence-corrected chi connectivity index (χ1v) is 9.39. The molecule has 2 fully saturated rings. The van der Waals surface area contributed by atoms with Crippen molar-refractivity contribution in [3.63, 3.8) is 0 Å². The smallest absolute Gasteiger partial charge is 0.330 e. The number of methoxy groups -OCH3 is 1. The highest BCUT2D eigenvalue weighted by Crippen LogP contribution is 2.47. The molecular formula is C17H15ClN2O5S. The molecule has 136 valence electrons. The fraction of sp³-hybridized carbons (Fsp3) is 0.412. The lowest BCUT2D eigenvalue weighted by Gasteiger charge is -2.57. The van der Waals surface area contributed by atoms with Crippen molar-refractivity contribution in [2.45, 2.75) is 29.3 Å². The van der Waals surface area contributed by atoms with Crippen molar-refractivity contribution in [3.8, 4) is 0 Å². The Morgan fingerprint density at radius 3 is 2.35 bits per heavy atom. The number of benzene rings is 1. The van der Waals surface area contributed by atoms with Gasteiger partial charge in [-0.2, -0.15) is 0 Å². The fourth-order valence-corrected chi connectivity index (χ4v) is 5.55. The number of ether oxygens (including phenoxy) is 1. The van der Waals surface area contributed by atoms with Crippen molar-refractivity contribution in [1.29, 1.82) is 0 Å². The molecule has 26 heavy (non-hydrogen) atoms. The van der Waals surface area contributed by atoms with Gasteiger partial charge < -0.3 is 9.64 Å². The number of hydrogen-bond donors (Lipinski definition) is 0. The SMILES string of the molecule is COC(=O)C1N2C(=O)C(N3C(=O)c4ccccc4C3=O)[C@@H]2SC[C@@]1(C)Cl. The van der Waals surface area contributed by atoms with E-state index in [0.717, 1.165) is 4.90 Å². The number of carbonyl (C=O) groups excluding carboxylic acids is 4. The molecule has 3 amide bonds. The van der Waals surface area contributed by atoms with E-state index in [0.29, 0.717) is 5.75 Å². The van der Waals surface area contributed by atoms with E-state index >= 15 is 0 Å². The molecule has 0 spiro atoms. The molecule has 0 N–H and O–H groups in total. The van der Waals surface area contributed by atoms with E-state index in [1.807, 2.05) is 0 Å². The molecule has 3 aliphatic heterocycles. The number of hydrogen-bond acceptors (Lipinski definition) is 6. The molecule has 3 heterocycles. The molecule has 0 aromatic heterocycles. The van der Waals surface area contributed by atoms with Crippen LogP contribution >= 0.6 is 23.4 Å². The quantitative estimate of drug-likeness (QED) is 0.323. The van der Waals surface area contributed by atoms with Crippen LogP contribution in [-0.4, -0.2) is 68.7 Å². The van der Waals surface area contributed by atoms with Crippen molar-refractivity contribution in [2.75, 3.05) is 12.9 Å². The van der Waals surface area contributed by atoms with Crippen LogP contribution in [0.4, 0.5) is 0 Å². The van der Waals surface area contributed by atoms with Gasteiger partial charge in [0.1, 0.15) is 11.4 Å². The number of alkyl halides is 1. The average Bonchev–Trinajstić information content (AvgIpc) is 2.86. The summed E-state index contributed by atoms with van der Waals surface area (Å²) >= 11 is 7.80. The molecule has 0 radical (unpaired) electrons. The summed E-state index contributed by atoms with van der Waals surface area (Å²) in [4.78, 5) is 51.7. The molecular weight excluding hydrogens is 380 g/mol. The number of rotatable bonds is 2. The second-order valence-corrected chi connectivity index (χ2v) is 8.59. The van der Waals surface area contributed by atoms with Gasteiger partial charge in [-0.1, -0.05) is 12.1 Å². The average molecular weight is 395 g/mol. The molecule has 7 nitrogen and oxygen atoms in total. The number of β-lactam (4-membered cyclic amide) rings is 1. The van der Waals surface area contributed by atoms with E-state index in [1.165, 1.54) is 23.8 Å². The van der Waals surface area contributed by atoms with Gasteiger partial charge in [0, 0.05) is 5.75 Å². The highest BCUT2D eigenvalue weighted by atomic mass is 35.5. The third-order valence-electron chi connectivity index (χ3n) is 4.96. The number of nitrogens with zero attached hydrogens (tertiary/aromatic N) is 2. The molecule has 0 saturated carbocycles. The summed E-state index contributed by atoms with van der Waals surface area (Å²) in [7, 11) is 1.23. The zero-order valence-electron chi connectivity index (χ0n) is 14.0. The lowest BCUT2D eigenvalue weighted by molar-refractivity contribution is -0.167. The second kappa shape index (κ2) is 5.72. The minimum atomic E-state index is -0.989. The van der Waals surface area contributed by atoms with E-state index in [4.69, 9.17) is 16.3 Å². The van der Waals surface area contributed by atoms with Crippen LogP contribution in [0.1, 0.15) is 27.6 Å². The monoisotopic (exact) mass is 394 g/mol. The standard InChI is InChI=1S/C17H15ClN2O5S/c1-17(18)7-26-15-10(14(23)20(15)11(17)16(24)25-2)19-12(21)8-5-3-4-6-9(8)13(19)22/h3-6,10-11,15H,7H2,1-2H3/t10?,11?,15-,17+/m0/s1. The van der Waals surface area contributed by atoms with E-state index in [-0.39, 0.29) is 11.1 Å². The van der Waals surface area contributed by atoms with Crippen molar-refractivity contribution in [3.05, 3.63) is 35.4 Å².